The van der Waals surface area contributed by atoms with Crippen molar-refractivity contribution in [3.05, 3.63) is 24.2 Å². The lowest BCUT2D eigenvalue weighted by Gasteiger charge is -2.22. The molecule has 0 aromatic carbocycles. The van der Waals surface area contributed by atoms with Crippen LogP contribution in [0.3, 0.4) is 0 Å². The van der Waals surface area contributed by atoms with Crippen LogP contribution < -0.4 is 5.73 Å². The molecule has 0 saturated heterocycles. The van der Waals surface area contributed by atoms with Crippen LogP contribution in [0.1, 0.15) is 12.2 Å². The fourth-order valence-electron chi connectivity index (χ4n) is 1.55. The van der Waals surface area contributed by atoms with E-state index < -0.39 is 0 Å². The highest BCUT2D eigenvalue weighted by Gasteiger charge is 2.07. The van der Waals surface area contributed by atoms with Crippen molar-refractivity contribution in [2.75, 3.05) is 40.3 Å². The molecule has 1 heterocycles. The topological polar surface area (TPSA) is 45.6 Å². The lowest BCUT2D eigenvalue weighted by Crippen LogP contribution is -2.32. The van der Waals surface area contributed by atoms with E-state index in [9.17, 15) is 0 Å². The Bertz CT molecular complexity index is 259. The summed E-state index contributed by atoms with van der Waals surface area (Å²) in [5, 5.41) is 0. The second-order valence-corrected chi connectivity index (χ2v) is 4.30. The third kappa shape index (κ3) is 5.30. The Hall–Kier alpha value is -0.840. The maximum atomic E-state index is 5.55. The van der Waals surface area contributed by atoms with Gasteiger partial charge < -0.3 is 15.1 Å². The molecule has 4 nitrogen and oxygen atoms in total. The largest absolute Gasteiger partial charge is 0.468 e. The molecule has 0 unspecified atom stereocenters. The van der Waals surface area contributed by atoms with E-state index in [1.807, 2.05) is 12.1 Å². The van der Waals surface area contributed by atoms with Crippen molar-refractivity contribution >= 4 is 0 Å². The second kappa shape index (κ2) is 7.44. The first-order valence-electron chi connectivity index (χ1n) is 5.82. The van der Waals surface area contributed by atoms with Crippen LogP contribution >= 0.6 is 0 Å². The summed E-state index contributed by atoms with van der Waals surface area (Å²) in [6.45, 7) is 4.77. The van der Waals surface area contributed by atoms with Crippen LogP contribution in [0, 0.1) is 0 Å². The summed E-state index contributed by atoms with van der Waals surface area (Å²) in [4.78, 5) is 4.57. The molecule has 1 aromatic heterocycles. The Labute approximate surface area is 98.0 Å². The van der Waals surface area contributed by atoms with Crippen LogP contribution in [0.2, 0.25) is 0 Å². The predicted molar refractivity (Wildman–Crippen MR) is 66.2 cm³/mol. The molecule has 1 rings (SSSR count). The van der Waals surface area contributed by atoms with Gasteiger partial charge in [0.1, 0.15) is 5.76 Å². The number of nitrogens with two attached hydrogens (primary N) is 1. The molecule has 0 aliphatic heterocycles. The predicted octanol–water partition coefficient (Wildman–Crippen LogP) is 0.992. The number of hydrogen-bond donors (Lipinski definition) is 1. The molecule has 0 bridgehead atoms. The van der Waals surface area contributed by atoms with Gasteiger partial charge in [-0.3, -0.25) is 4.90 Å². The Kier molecular flexibility index (Phi) is 6.15. The molecule has 0 atom stereocenters. The number of likely N-dealkylation sites (N-methyl/N-ethyl adjacent to an activating group) is 1. The van der Waals surface area contributed by atoms with Gasteiger partial charge in [-0.05, 0) is 45.7 Å². The first kappa shape index (κ1) is 13.2. The minimum atomic E-state index is 0.747. The zero-order chi connectivity index (χ0) is 11.8. The highest BCUT2D eigenvalue weighted by molar-refractivity contribution is 4.97. The molecule has 0 amide bonds. The zero-order valence-electron chi connectivity index (χ0n) is 10.4. The van der Waals surface area contributed by atoms with E-state index >= 15 is 0 Å². The van der Waals surface area contributed by atoms with Crippen LogP contribution in [-0.4, -0.2) is 50.1 Å². The Morgan fingerprint density at radius 2 is 2.06 bits per heavy atom. The molecule has 0 spiro atoms. The molecule has 16 heavy (non-hydrogen) atoms. The quantitative estimate of drug-likeness (QED) is 0.716. The molecule has 0 radical (unpaired) electrons. The van der Waals surface area contributed by atoms with Crippen molar-refractivity contribution in [2.45, 2.75) is 13.0 Å². The van der Waals surface area contributed by atoms with E-state index in [2.05, 4.69) is 23.9 Å². The van der Waals surface area contributed by atoms with E-state index in [0.29, 0.717) is 0 Å². The fraction of sp³-hybridized carbons (Fsp3) is 0.667. The van der Waals surface area contributed by atoms with Gasteiger partial charge in [-0.15, -0.1) is 0 Å². The van der Waals surface area contributed by atoms with Gasteiger partial charge >= 0.3 is 0 Å². The molecule has 0 saturated carbocycles. The summed E-state index contributed by atoms with van der Waals surface area (Å²) >= 11 is 0. The highest BCUT2D eigenvalue weighted by atomic mass is 16.3. The summed E-state index contributed by atoms with van der Waals surface area (Å²) in [6.07, 6.45) is 2.76. The van der Waals surface area contributed by atoms with Gasteiger partial charge in [-0.2, -0.15) is 0 Å². The lowest BCUT2D eigenvalue weighted by atomic mass is 10.3. The first-order chi connectivity index (χ1) is 7.72. The van der Waals surface area contributed by atoms with Crippen molar-refractivity contribution in [2.24, 2.45) is 5.73 Å². The van der Waals surface area contributed by atoms with Gasteiger partial charge in [0.05, 0.1) is 12.8 Å². The first-order valence-corrected chi connectivity index (χ1v) is 5.82. The van der Waals surface area contributed by atoms with Crippen molar-refractivity contribution < 1.29 is 4.42 Å². The highest BCUT2D eigenvalue weighted by Crippen LogP contribution is 2.05. The Balaban J connectivity index is 2.36. The molecular weight excluding hydrogens is 202 g/mol. The Morgan fingerprint density at radius 3 is 2.62 bits per heavy atom. The van der Waals surface area contributed by atoms with Crippen molar-refractivity contribution in [1.29, 1.82) is 0 Å². The lowest BCUT2D eigenvalue weighted by molar-refractivity contribution is 0.217. The van der Waals surface area contributed by atoms with E-state index in [0.717, 1.165) is 44.9 Å². The second-order valence-electron chi connectivity index (χ2n) is 4.30. The molecule has 92 valence electrons. The third-order valence-electron chi connectivity index (χ3n) is 2.50. The average molecular weight is 225 g/mol. The van der Waals surface area contributed by atoms with E-state index in [1.54, 1.807) is 6.26 Å². The minimum absolute atomic E-state index is 0.747. The smallest absolute Gasteiger partial charge is 0.117 e. The molecule has 4 heteroatoms. The van der Waals surface area contributed by atoms with Gasteiger partial charge in [0.15, 0.2) is 0 Å². The van der Waals surface area contributed by atoms with E-state index in [1.165, 1.54) is 0 Å². The monoisotopic (exact) mass is 225 g/mol. The van der Waals surface area contributed by atoms with Gasteiger partial charge in [-0.25, -0.2) is 0 Å². The zero-order valence-corrected chi connectivity index (χ0v) is 10.4. The van der Waals surface area contributed by atoms with Gasteiger partial charge in [0, 0.05) is 13.1 Å². The van der Waals surface area contributed by atoms with E-state index in [-0.39, 0.29) is 0 Å². The van der Waals surface area contributed by atoms with Crippen molar-refractivity contribution in [3.63, 3.8) is 0 Å². The average Bonchev–Trinajstić information content (AvgIpc) is 2.74. The van der Waals surface area contributed by atoms with Crippen molar-refractivity contribution in [1.82, 2.24) is 9.80 Å². The van der Waals surface area contributed by atoms with Crippen LogP contribution in [0.5, 0.6) is 0 Å². The van der Waals surface area contributed by atoms with E-state index in [4.69, 9.17) is 10.2 Å². The summed E-state index contributed by atoms with van der Waals surface area (Å²) in [6, 6.07) is 3.95. The summed E-state index contributed by atoms with van der Waals surface area (Å²) in [7, 11) is 4.18. The normalized spacial score (nSPS) is 11.6. The molecule has 0 aliphatic carbocycles. The molecule has 2 N–H and O–H groups in total. The Morgan fingerprint density at radius 1 is 1.25 bits per heavy atom. The van der Waals surface area contributed by atoms with Crippen LogP contribution in [0.4, 0.5) is 0 Å². The molecule has 0 aliphatic rings. The minimum Gasteiger partial charge on any atom is -0.468 e. The summed E-state index contributed by atoms with van der Waals surface area (Å²) < 4.78 is 5.36. The summed E-state index contributed by atoms with van der Waals surface area (Å²) in [5.74, 6) is 1.02. The maximum absolute atomic E-state index is 5.55. The van der Waals surface area contributed by atoms with Crippen LogP contribution in [0.15, 0.2) is 22.8 Å². The van der Waals surface area contributed by atoms with Crippen LogP contribution in [-0.2, 0) is 6.54 Å². The summed E-state index contributed by atoms with van der Waals surface area (Å²) in [5.41, 5.74) is 5.55. The fourth-order valence-corrected chi connectivity index (χ4v) is 1.55. The number of hydrogen-bond acceptors (Lipinski definition) is 4. The van der Waals surface area contributed by atoms with Gasteiger partial charge in [0.2, 0.25) is 0 Å². The SMILES string of the molecule is CN(C)CCN(CCCN)Cc1ccco1. The maximum Gasteiger partial charge on any atom is 0.117 e. The van der Waals surface area contributed by atoms with Crippen LogP contribution in [0.25, 0.3) is 0 Å². The molecule has 1 aromatic rings. The van der Waals surface area contributed by atoms with Gasteiger partial charge in [-0.1, -0.05) is 0 Å². The number of rotatable bonds is 8. The van der Waals surface area contributed by atoms with Gasteiger partial charge in [0.25, 0.3) is 0 Å². The number of nitrogens with zero attached hydrogens (tertiary/aromatic N) is 2. The third-order valence-corrected chi connectivity index (χ3v) is 2.50. The van der Waals surface area contributed by atoms with Crippen molar-refractivity contribution in [3.8, 4) is 0 Å². The number of furan rings is 1. The molecule has 0 fully saturated rings. The molecular formula is C12H23N3O. The standard InChI is InChI=1S/C12H23N3O/c1-14(2)8-9-15(7-4-6-13)11-12-5-3-10-16-12/h3,5,10H,4,6-9,11,13H2,1-2H3.